The van der Waals surface area contributed by atoms with Gasteiger partial charge < -0.3 is 10.1 Å². The summed E-state index contributed by atoms with van der Waals surface area (Å²) >= 11 is 7.64. The summed E-state index contributed by atoms with van der Waals surface area (Å²) in [6.07, 6.45) is 0. The van der Waals surface area contributed by atoms with Crippen LogP contribution in [0, 0.1) is 6.92 Å². The Kier molecular flexibility index (Phi) is 9.89. The quantitative estimate of drug-likeness (QED) is 0.321. The normalized spacial score (nSPS) is 11.2. The lowest BCUT2D eigenvalue weighted by atomic mass is 10.2. The van der Waals surface area contributed by atoms with E-state index >= 15 is 0 Å². The first-order chi connectivity index (χ1) is 16.8. The van der Waals surface area contributed by atoms with Crippen LogP contribution in [0.25, 0.3) is 0 Å². The fourth-order valence-electron chi connectivity index (χ4n) is 3.37. The Labute approximate surface area is 216 Å². The number of amides is 1. The van der Waals surface area contributed by atoms with Crippen molar-refractivity contribution >= 4 is 45.0 Å². The second-order valence-corrected chi connectivity index (χ2v) is 11.2. The number of rotatable bonds is 12. The first kappa shape index (κ1) is 26.9. The molecule has 0 aliphatic heterocycles. The smallest absolute Gasteiger partial charge is 0.264 e. The van der Waals surface area contributed by atoms with Crippen molar-refractivity contribution in [1.82, 2.24) is 5.32 Å². The number of carbonyl (C=O) groups excluding carboxylic acids is 1. The zero-order valence-electron chi connectivity index (χ0n) is 19.7. The van der Waals surface area contributed by atoms with Gasteiger partial charge in [0.15, 0.2) is 0 Å². The van der Waals surface area contributed by atoms with Crippen LogP contribution in [0.1, 0.15) is 18.1 Å². The molecule has 0 aliphatic rings. The van der Waals surface area contributed by atoms with Gasteiger partial charge in [0.25, 0.3) is 10.0 Å². The fraction of sp³-hybridized carbons (Fsp3) is 0.269. The molecule has 35 heavy (non-hydrogen) atoms. The van der Waals surface area contributed by atoms with Gasteiger partial charge in [-0.15, -0.1) is 0 Å². The molecule has 6 nitrogen and oxygen atoms in total. The monoisotopic (exact) mass is 532 g/mol. The summed E-state index contributed by atoms with van der Waals surface area (Å²) in [6, 6.07) is 20.8. The van der Waals surface area contributed by atoms with Crippen molar-refractivity contribution in [3.05, 3.63) is 88.9 Å². The maximum absolute atomic E-state index is 13.4. The Morgan fingerprint density at radius 1 is 1.06 bits per heavy atom. The second-order valence-electron chi connectivity index (χ2n) is 7.78. The van der Waals surface area contributed by atoms with Gasteiger partial charge in [0.2, 0.25) is 5.91 Å². The highest BCUT2D eigenvalue weighted by molar-refractivity contribution is 7.98. The summed E-state index contributed by atoms with van der Waals surface area (Å²) in [5, 5.41) is 3.26. The van der Waals surface area contributed by atoms with E-state index in [0.717, 1.165) is 10.1 Å². The van der Waals surface area contributed by atoms with Crippen LogP contribution >= 0.6 is 23.4 Å². The van der Waals surface area contributed by atoms with Crippen LogP contribution < -0.4 is 14.4 Å². The van der Waals surface area contributed by atoms with Crippen molar-refractivity contribution in [2.75, 3.05) is 29.8 Å². The molecule has 0 aliphatic carbocycles. The van der Waals surface area contributed by atoms with Crippen molar-refractivity contribution in [3.63, 3.8) is 0 Å². The van der Waals surface area contributed by atoms with E-state index in [2.05, 4.69) is 30.4 Å². The maximum Gasteiger partial charge on any atom is 0.264 e. The number of ether oxygens (including phenoxy) is 1. The molecule has 3 aromatic rings. The van der Waals surface area contributed by atoms with Gasteiger partial charge in [-0.2, -0.15) is 11.8 Å². The molecule has 0 aromatic heterocycles. The fourth-order valence-corrected chi connectivity index (χ4v) is 5.72. The molecule has 0 spiro atoms. The lowest BCUT2D eigenvalue weighted by Crippen LogP contribution is -2.41. The summed E-state index contributed by atoms with van der Waals surface area (Å²) in [4.78, 5) is 12.8. The van der Waals surface area contributed by atoms with Crippen LogP contribution in [-0.4, -0.2) is 39.8 Å². The van der Waals surface area contributed by atoms with E-state index in [1.165, 1.54) is 35.4 Å². The molecule has 0 fully saturated rings. The Hall–Kier alpha value is -2.68. The standard InChI is InChI=1S/C26H29ClN2O4S2/c1-3-33-24-11-9-23(10-12-24)29(35(31,32)25-13-7-22(27)8-14-25)18-26(30)28-15-16-34-19-21-6-4-5-20(2)17-21/h4-14,17H,3,15-16,18-19H2,1-2H3,(H,28,30). The van der Waals surface area contributed by atoms with E-state index in [-0.39, 0.29) is 17.3 Å². The molecule has 9 heteroatoms. The van der Waals surface area contributed by atoms with E-state index in [9.17, 15) is 13.2 Å². The molecular weight excluding hydrogens is 504 g/mol. The third-order valence-corrected chi connectivity index (χ3v) is 8.11. The van der Waals surface area contributed by atoms with Gasteiger partial charge in [-0.1, -0.05) is 41.4 Å². The molecular formula is C26H29ClN2O4S2. The number of hydrogen-bond acceptors (Lipinski definition) is 5. The minimum Gasteiger partial charge on any atom is -0.494 e. The zero-order valence-corrected chi connectivity index (χ0v) is 22.1. The molecule has 186 valence electrons. The zero-order chi connectivity index (χ0) is 25.3. The topological polar surface area (TPSA) is 75.7 Å². The summed E-state index contributed by atoms with van der Waals surface area (Å²) in [6.45, 7) is 4.52. The Morgan fingerprint density at radius 3 is 2.43 bits per heavy atom. The number of hydrogen-bond donors (Lipinski definition) is 1. The predicted molar refractivity (Wildman–Crippen MR) is 144 cm³/mol. The molecule has 0 saturated carbocycles. The summed E-state index contributed by atoms with van der Waals surface area (Å²) < 4.78 is 33.4. The predicted octanol–water partition coefficient (Wildman–Crippen LogP) is 5.29. The van der Waals surface area contributed by atoms with E-state index in [1.807, 2.05) is 13.0 Å². The highest BCUT2D eigenvalue weighted by Gasteiger charge is 2.27. The van der Waals surface area contributed by atoms with E-state index in [4.69, 9.17) is 16.3 Å². The molecule has 0 heterocycles. The van der Waals surface area contributed by atoms with Crippen molar-refractivity contribution < 1.29 is 17.9 Å². The minimum atomic E-state index is -4.00. The van der Waals surface area contributed by atoms with Crippen LogP contribution in [0.3, 0.4) is 0 Å². The molecule has 0 atom stereocenters. The minimum absolute atomic E-state index is 0.0531. The lowest BCUT2D eigenvalue weighted by molar-refractivity contribution is -0.119. The van der Waals surface area contributed by atoms with Crippen LogP contribution in [0.15, 0.2) is 77.7 Å². The number of carbonyl (C=O) groups is 1. The van der Waals surface area contributed by atoms with Gasteiger partial charge in [-0.05, 0) is 67.9 Å². The number of anilines is 1. The van der Waals surface area contributed by atoms with Crippen LogP contribution in [0.2, 0.25) is 5.02 Å². The number of halogens is 1. The lowest BCUT2D eigenvalue weighted by Gasteiger charge is -2.24. The van der Waals surface area contributed by atoms with Gasteiger partial charge in [0, 0.05) is 23.1 Å². The third-order valence-electron chi connectivity index (χ3n) is 5.04. The Bertz CT molecular complexity index is 1220. The first-order valence-corrected chi connectivity index (χ1v) is 14.2. The SMILES string of the molecule is CCOc1ccc(N(CC(=O)NCCSCc2cccc(C)c2)S(=O)(=O)c2ccc(Cl)cc2)cc1. The maximum atomic E-state index is 13.4. The highest BCUT2D eigenvalue weighted by atomic mass is 35.5. The van der Waals surface area contributed by atoms with Gasteiger partial charge in [-0.3, -0.25) is 9.10 Å². The van der Waals surface area contributed by atoms with E-state index in [1.54, 1.807) is 36.0 Å². The van der Waals surface area contributed by atoms with Crippen LogP contribution in [0.4, 0.5) is 5.69 Å². The van der Waals surface area contributed by atoms with E-state index < -0.39 is 10.0 Å². The summed E-state index contributed by atoms with van der Waals surface area (Å²) in [5.74, 6) is 1.80. The number of benzene rings is 3. The van der Waals surface area contributed by atoms with Gasteiger partial charge in [0.1, 0.15) is 12.3 Å². The second kappa shape index (κ2) is 12.9. The van der Waals surface area contributed by atoms with Gasteiger partial charge in [0.05, 0.1) is 17.2 Å². The van der Waals surface area contributed by atoms with Crippen LogP contribution in [0.5, 0.6) is 5.75 Å². The first-order valence-electron chi connectivity index (χ1n) is 11.2. The van der Waals surface area contributed by atoms with Crippen molar-refractivity contribution in [3.8, 4) is 5.75 Å². The third kappa shape index (κ3) is 7.92. The Morgan fingerprint density at radius 2 is 1.77 bits per heavy atom. The van der Waals surface area contributed by atoms with Crippen molar-refractivity contribution in [2.24, 2.45) is 0 Å². The molecule has 3 rings (SSSR count). The number of aryl methyl sites for hydroxylation is 1. The molecule has 0 bridgehead atoms. The number of nitrogens with one attached hydrogen (secondary N) is 1. The molecule has 0 radical (unpaired) electrons. The number of nitrogens with zero attached hydrogens (tertiary/aromatic N) is 1. The van der Waals surface area contributed by atoms with Crippen LogP contribution in [-0.2, 0) is 20.6 Å². The largest absolute Gasteiger partial charge is 0.494 e. The number of sulfonamides is 1. The molecule has 0 saturated heterocycles. The molecule has 0 unspecified atom stereocenters. The van der Waals surface area contributed by atoms with Crippen molar-refractivity contribution in [2.45, 2.75) is 24.5 Å². The molecule has 3 aromatic carbocycles. The average molecular weight is 533 g/mol. The highest BCUT2D eigenvalue weighted by Crippen LogP contribution is 2.26. The molecule has 1 amide bonds. The van der Waals surface area contributed by atoms with E-state index in [0.29, 0.717) is 35.4 Å². The average Bonchev–Trinajstić information content (AvgIpc) is 2.83. The van der Waals surface area contributed by atoms with Gasteiger partial charge >= 0.3 is 0 Å². The summed E-state index contributed by atoms with van der Waals surface area (Å²) in [7, 11) is -4.00. The summed E-state index contributed by atoms with van der Waals surface area (Å²) in [5.41, 5.74) is 2.82. The Balaban J connectivity index is 1.66. The van der Waals surface area contributed by atoms with Gasteiger partial charge in [-0.25, -0.2) is 8.42 Å². The molecule has 1 N–H and O–H groups in total. The number of thioether (sulfide) groups is 1. The van der Waals surface area contributed by atoms with Crippen molar-refractivity contribution in [1.29, 1.82) is 0 Å².